The molecule has 0 amide bonds. The third-order valence-electron chi connectivity index (χ3n) is 3.13. The monoisotopic (exact) mass is 355 g/mol. The zero-order chi connectivity index (χ0) is 12.5. The Morgan fingerprint density at radius 1 is 1.18 bits per heavy atom. The van der Waals surface area contributed by atoms with Gasteiger partial charge in [-0.2, -0.15) is 13.2 Å². The Morgan fingerprint density at radius 2 is 1.82 bits per heavy atom. The van der Waals surface area contributed by atoms with Gasteiger partial charge in [0.25, 0.3) is 0 Å². The van der Waals surface area contributed by atoms with Crippen LogP contribution in [0.15, 0.2) is 24.3 Å². The summed E-state index contributed by atoms with van der Waals surface area (Å²) in [5.74, 6) is 0.267. The van der Waals surface area contributed by atoms with Crippen molar-refractivity contribution in [3.8, 4) is 0 Å². The summed E-state index contributed by atoms with van der Waals surface area (Å²) in [5, 5.41) is 0. The van der Waals surface area contributed by atoms with Crippen LogP contribution in [-0.4, -0.2) is 16.2 Å². The van der Waals surface area contributed by atoms with Crippen molar-refractivity contribution in [2.24, 2.45) is 0 Å². The van der Waals surface area contributed by atoms with Gasteiger partial charge < -0.3 is 0 Å². The zero-order valence-corrected chi connectivity index (χ0v) is 11.3. The van der Waals surface area contributed by atoms with Gasteiger partial charge in [-0.15, -0.1) is 0 Å². The molecule has 1 aromatic carbocycles. The molecule has 0 saturated carbocycles. The summed E-state index contributed by atoms with van der Waals surface area (Å²) >= 11 is 2.26. The van der Waals surface area contributed by atoms with E-state index >= 15 is 0 Å². The average molecular weight is 355 g/mol. The zero-order valence-electron chi connectivity index (χ0n) is 9.17. The van der Waals surface area contributed by atoms with Crippen LogP contribution in [0.4, 0.5) is 13.2 Å². The molecule has 2 rings (SSSR count). The Hall–Kier alpha value is -0.300. The molecule has 0 bridgehead atoms. The minimum absolute atomic E-state index is 0.267. The van der Waals surface area contributed by atoms with Gasteiger partial charge in [-0.25, -0.2) is 3.11 Å². The van der Waals surface area contributed by atoms with Crippen molar-refractivity contribution in [2.45, 2.75) is 24.9 Å². The van der Waals surface area contributed by atoms with E-state index in [0.29, 0.717) is 0 Å². The van der Waals surface area contributed by atoms with Crippen LogP contribution < -0.4 is 0 Å². The first-order valence-corrected chi connectivity index (χ1v) is 6.51. The second kappa shape index (κ2) is 5.14. The van der Waals surface area contributed by atoms with E-state index < -0.39 is 11.7 Å². The lowest BCUT2D eigenvalue weighted by Crippen LogP contribution is -2.24. The van der Waals surface area contributed by atoms with Crippen LogP contribution >= 0.6 is 22.9 Å². The molecule has 17 heavy (non-hydrogen) atoms. The van der Waals surface area contributed by atoms with Crippen molar-refractivity contribution >= 4 is 22.9 Å². The first-order valence-electron chi connectivity index (χ1n) is 5.54. The maximum Gasteiger partial charge on any atom is 0.416 e. The standard InChI is InChI=1S/C12H13F3IN/c13-12(14,15)11-3-1-2-10(8-11)9-4-6-17(16)7-5-9/h1-3,8-9H,4-7H2. The molecule has 1 heterocycles. The van der Waals surface area contributed by atoms with Crippen LogP contribution in [0.1, 0.15) is 29.9 Å². The van der Waals surface area contributed by atoms with Crippen LogP contribution in [-0.2, 0) is 6.18 Å². The quantitative estimate of drug-likeness (QED) is 0.538. The molecule has 0 atom stereocenters. The van der Waals surface area contributed by atoms with Gasteiger partial charge in [0.2, 0.25) is 0 Å². The summed E-state index contributed by atoms with van der Waals surface area (Å²) in [7, 11) is 0. The lowest BCUT2D eigenvalue weighted by Gasteiger charge is -2.28. The Labute approximate surface area is 112 Å². The molecule has 1 fully saturated rings. The van der Waals surface area contributed by atoms with E-state index in [4.69, 9.17) is 0 Å². The lowest BCUT2D eigenvalue weighted by molar-refractivity contribution is -0.137. The number of benzene rings is 1. The molecule has 1 aromatic rings. The summed E-state index contributed by atoms with van der Waals surface area (Å²) < 4.78 is 39.9. The van der Waals surface area contributed by atoms with Gasteiger partial charge in [0.15, 0.2) is 0 Å². The topological polar surface area (TPSA) is 3.24 Å². The minimum Gasteiger partial charge on any atom is -0.248 e. The fourth-order valence-electron chi connectivity index (χ4n) is 2.15. The summed E-state index contributed by atoms with van der Waals surface area (Å²) in [6.07, 6.45) is -2.37. The molecule has 0 spiro atoms. The smallest absolute Gasteiger partial charge is 0.248 e. The van der Waals surface area contributed by atoms with Gasteiger partial charge >= 0.3 is 6.18 Å². The Morgan fingerprint density at radius 3 is 2.41 bits per heavy atom. The van der Waals surface area contributed by atoms with Gasteiger partial charge in [0.05, 0.1) is 5.56 Å². The normalized spacial score (nSPS) is 19.5. The molecule has 0 unspecified atom stereocenters. The largest absolute Gasteiger partial charge is 0.416 e. The fourth-order valence-corrected chi connectivity index (χ4v) is 2.71. The second-order valence-electron chi connectivity index (χ2n) is 4.31. The molecular formula is C12H13F3IN. The van der Waals surface area contributed by atoms with Crippen molar-refractivity contribution in [3.63, 3.8) is 0 Å². The molecular weight excluding hydrogens is 342 g/mol. The van der Waals surface area contributed by atoms with Crippen LogP contribution in [0.3, 0.4) is 0 Å². The average Bonchev–Trinajstić information content (AvgIpc) is 2.29. The molecule has 1 aliphatic heterocycles. The highest BCUT2D eigenvalue weighted by Gasteiger charge is 2.31. The van der Waals surface area contributed by atoms with Crippen molar-refractivity contribution in [1.82, 2.24) is 3.11 Å². The van der Waals surface area contributed by atoms with E-state index in [9.17, 15) is 13.2 Å². The van der Waals surface area contributed by atoms with Crippen molar-refractivity contribution in [3.05, 3.63) is 35.4 Å². The third kappa shape index (κ3) is 3.34. The SMILES string of the molecule is FC(F)(F)c1cccc(C2CCN(I)CC2)c1. The van der Waals surface area contributed by atoms with Gasteiger partial charge in [-0.3, -0.25) is 0 Å². The van der Waals surface area contributed by atoms with Gasteiger partial charge in [-0.05, 0) is 30.4 Å². The maximum atomic E-state index is 12.6. The molecule has 0 aliphatic carbocycles. The number of rotatable bonds is 1. The van der Waals surface area contributed by atoms with Crippen molar-refractivity contribution < 1.29 is 13.2 Å². The number of alkyl halides is 3. The second-order valence-corrected chi connectivity index (χ2v) is 5.67. The van der Waals surface area contributed by atoms with E-state index in [0.717, 1.165) is 37.6 Å². The van der Waals surface area contributed by atoms with E-state index in [1.54, 1.807) is 0 Å². The first kappa shape index (κ1) is 13.1. The van der Waals surface area contributed by atoms with Crippen LogP contribution in [0, 0.1) is 0 Å². The van der Waals surface area contributed by atoms with Gasteiger partial charge in [0.1, 0.15) is 0 Å². The van der Waals surface area contributed by atoms with E-state index in [-0.39, 0.29) is 5.92 Å². The molecule has 94 valence electrons. The molecule has 1 saturated heterocycles. The minimum atomic E-state index is -4.24. The fraction of sp³-hybridized carbons (Fsp3) is 0.500. The molecule has 0 aromatic heterocycles. The highest BCUT2D eigenvalue weighted by atomic mass is 127. The number of nitrogens with zero attached hydrogens (tertiary/aromatic N) is 1. The molecule has 0 radical (unpaired) electrons. The maximum absolute atomic E-state index is 12.6. The summed E-state index contributed by atoms with van der Waals surface area (Å²) in [5.41, 5.74) is 0.288. The number of hydrogen-bond donors (Lipinski definition) is 0. The molecule has 1 aliphatic rings. The summed E-state index contributed by atoms with van der Waals surface area (Å²) in [6.45, 7) is 1.89. The Balaban J connectivity index is 2.16. The van der Waals surface area contributed by atoms with Crippen molar-refractivity contribution in [1.29, 1.82) is 0 Å². The summed E-state index contributed by atoms with van der Waals surface area (Å²) in [4.78, 5) is 0. The predicted octanol–water partition coefficient (Wildman–Crippen LogP) is 4.23. The number of piperidine rings is 1. The van der Waals surface area contributed by atoms with Crippen LogP contribution in [0.2, 0.25) is 0 Å². The predicted molar refractivity (Wildman–Crippen MR) is 69.0 cm³/mol. The number of hydrogen-bond acceptors (Lipinski definition) is 1. The number of halogens is 4. The van der Waals surface area contributed by atoms with Crippen LogP contribution in [0.25, 0.3) is 0 Å². The molecule has 5 heteroatoms. The first-order chi connectivity index (χ1) is 7.97. The molecule has 0 N–H and O–H groups in total. The Kier molecular flexibility index (Phi) is 3.97. The van der Waals surface area contributed by atoms with Crippen LogP contribution in [0.5, 0.6) is 0 Å². The van der Waals surface area contributed by atoms with E-state index in [1.165, 1.54) is 12.1 Å². The van der Waals surface area contributed by atoms with Gasteiger partial charge in [-0.1, -0.05) is 18.2 Å². The third-order valence-corrected chi connectivity index (χ3v) is 4.09. The van der Waals surface area contributed by atoms with Gasteiger partial charge in [0, 0.05) is 36.0 Å². The van der Waals surface area contributed by atoms with Crippen molar-refractivity contribution in [2.75, 3.05) is 13.1 Å². The highest BCUT2D eigenvalue weighted by molar-refractivity contribution is 14.1. The summed E-state index contributed by atoms with van der Waals surface area (Å²) in [6, 6.07) is 5.75. The molecule has 1 nitrogen and oxygen atoms in total. The lowest BCUT2D eigenvalue weighted by atomic mass is 9.89. The Bertz CT molecular complexity index is 384. The van der Waals surface area contributed by atoms with E-state index in [1.807, 2.05) is 6.07 Å². The van der Waals surface area contributed by atoms with E-state index in [2.05, 4.69) is 26.0 Å². The highest BCUT2D eigenvalue weighted by Crippen LogP contribution is 2.34.